The fourth-order valence-electron chi connectivity index (χ4n) is 2.27. The molecule has 0 aliphatic carbocycles. The van der Waals surface area contributed by atoms with E-state index in [0.717, 1.165) is 33.5 Å². The highest BCUT2D eigenvalue weighted by atomic mass is 35.5. The van der Waals surface area contributed by atoms with Gasteiger partial charge in [0, 0.05) is 28.6 Å². The smallest absolute Gasteiger partial charge is 0.136 e. The minimum atomic E-state index is 0.240. The molecule has 2 aromatic heterocycles. The first kappa shape index (κ1) is 14.0. The van der Waals surface area contributed by atoms with Crippen molar-refractivity contribution in [1.29, 1.82) is 0 Å². The normalized spacial score (nSPS) is 11.3. The lowest BCUT2D eigenvalue weighted by molar-refractivity contribution is 0.773. The van der Waals surface area contributed by atoms with E-state index in [0.29, 0.717) is 5.15 Å². The van der Waals surface area contributed by atoms with Gasteiger partial charge in [-0.25, -0.2) is 9.97 Å². The van der Waals surface area contributed by atoms with E-state index in [-0.39, 0.29) is 5.92 Å². The van der Waals surface area contributed by atoms with E-state index in [4.69, 9.17) is 16.6 Å². The van der Waals surface area contributed by atoms with Crippen LogP contribution in [0.1, 0.15) is 31.2 Å². The molecule has 0 radical (unpaired) electrons. The van der Waals surface area contributed by atoms with Crippen LogP contribution >= 0.6 is 11.6 Å². The molecule has 0 amide bonds. The van der Waals surface area contributed by atoms with Gasteiger partial charge in [0.2, 0.25) is 0 Å². The highest BCUT2D eigenvalue weighted by Gasteiger charge is 2.13. The van der Waals surface area contributed by atoms with Gasteiger partial charge < -0.3 is 0 Å². The fourth-order valence-corrected chi connectivity index (χ4v) is 2.44. The second-order valence-corrected chi connectivity index (χ2v) is 5.77. The third-order valence-electron chi connectivity index (χ3n) is 3.50. The molecule has 0 fully saturated rings. The summed E-state index contributed by atoms with van der Waals surface area (Å²) >= 11 is 6.27. The summed E-state index contributed by atoms with van der Waals surface area (Å²) in [5.74, 6) is 1.01. The molecule has 1 aromatic carbocycles. The number of benzene rings is 1. The van der Waals surface area contributed by atoms with Crippen LogP contribution < -0.4 is 0 Å². The summed E-state index contributed by atoms with van der Waals surface area (Å²) in [7, 11) is 0. The molecule has 3 rings (SSSR count). The molecule has 0 saturated carbocycles. The second kappa shape index (κ2) is 5.41. The van der Waals surface area contributed by atoms with Gasteiger partial charge in [-0.15, -0.1) is 0 Å². The maximum atomic E-state index is 6.27. The van der Waals surface area contributed by atoms with Crippen molar-refractivity contribution in [3.8, 4) is 11.3 Å². The van der Waals surface area contributed by atoms with Crippen LogP contribution in [-0.4, -0.2) is 15.0 Å². The van der Waals surface area contributed by atoms with E-state index in [2.05, 4.69) is 29.9 Å². The molecular weight excluding hydrogens is 282 g/mol. The molecule has 0 atom stereocenters. The number of hydrogen-bond donors (Lipinski definition) is 0. The number of pyridine rings is 1. The average Bonchev–Trinajstić information content (AvgIpc) is 2.49. The summed E-state index contributed by atoms with van der Waals surface area (Å²) in [6.45, 7) is 6.08. The third-order valence-corrected chi connectivity index (χ3v) is 3.86. The molecule has 21 heavy (non-hydrogen) atoms. The molecule has 0 N–H and O–H groups in total. The molecule has 2 heterocycles. The summed E-state index contributed by atoms with van der Waals surface area (Å²) < 4.78 is 0. The van der Waals surface area contributed by atoms with Gasteiger partial charge in [-0.05, 0) is 25.1 Å². The van der Waals surface area contributed by atoms with E-state index < -0.39 is 0 Å². The Labute approximate surface area is 129 Å². The zero-order chi connectivity index (χ0) is 15.0. The van der Waals surface area contributed by atoms with Crippen molar-refractivity contribution >= 4 is 22.5 Å². The van der Waals surface area contributed by atoms with Gasteiger partial charge in [-0.3, -0.25) is 4.98 Å². The Bertz CT molecular complexity index is 812. The predicted molar refractivity (Wildman–Crippen MR) is 86.6 cm³/mol. The summed E-state index contributed by atoms with van der Waals surface area (Å²) in [5, 5.41) is 1.62. The fraction of sp³-hybridized carbons (Fsp3) is 0.235. The van der Waals surface area contributed by atoms with Crippen LogP contribution in [0.5, 0.6) is 0 Å². The molecule has 0 saturated heterocycles. The van der Waals surface area contributed by atoms with Crippen LogP contribution in [0.3, 0.4) is 0 Å². The number of nitrogens with zero attached hydrogens (tertiary/aromatic N) is 3. The van der Waals surface area contributed by atoms with Crippen LogP contribution in [0.4, 0.5) is 0 Å². The van der Waals surface area contributed by atoms with Crippen molar-refractivity contribution in [2.75, 3.05) is 0 Å². The van der Waals surface area contributed by atoms with Gasteiger partial charge in [-0.1, -0.05) is 37.6 Å². The maximum Gasteiger partial charge on any atom is 0.136 e. The topological polar surface area (TPSA) is 38.7 Å². The molecule has 0 unspecified atom stereocenters. The van der Waals surface area contributed by atoms with Gasteiger partial charge >= 0.3 is 0 Å². The average molecular weight is 298 g/mol. The van der Waals surface area contributed by atoms with Crippen LogP contribution in [0.15, 0.2) is 36.5 Å². The first-order chi connectivity index (χ1) is 10.1. The van der Waals surface area contributed by atoms with E-state index in [1.165, 1.54) is 0 Å². The van der Waals surface area contributed by atoms with Gasteiger partial charge in [0.1, 0.15) is 11.0 Å². The number of rotatable bonds is 2. The molecule has 0 bridgehead atoms. The zero-order valence-electron chi connectivity index (χ0n) is 12.3. The standard InChI is InChI=1S/C17H16ClN3/c1-10(2)17-20-15(11(3)16(18)21-17)13-6-7-14-12(9-13)5-4-8-19-14/h4-10H,1-3H3. The van der Waals surface area contributed by atoms with Crippen LogP contribution in [-0.2, 0) is 0 Å². The van der Waals surface area contributed by atoms with E-state index in [1.54, 1.807) is 6.20 Å². The summed E-state index contributed by atoms with van der Waals surface area (Å²) in [4.78, 5) is 13.4. The monoisotopic (exact) mass is 297 g/mol. The molecule has 106 valence electrons. The van der Waals surface area contributed by atoms with E-state index in [1.807, 2.05) is 31.2 Å². The van der Waals surface area contributed by atoms with Gasteiger partial charge in [0.05, 0.1) is 11.2 Å². The Balaban J connectivity index is 2.21. The molecule has 3 aromatic rings. The Morgan fingerprint density at radius 3 is 2.67 bits per heavy atom. The van der Waals surface area contributed by atoms with Crippen molar-refractivity contribution in [3.05, 3.63) is 53.1 Å². The molecule has 0 aliphatic heterocycles. The second-order valence-electron chi connectivity index (χ2n) is 5.41. The van der Waals surface area contributed by atoms with Gasteiger partial charge in [-0.2, -0.15) is 0 Å². The van der Waals surface area contributed by atoms with Crippen LogP contribution in [0.25, 0.3) is 22.2 Å². The third kappa shape index (κ3) is 2.61. The summed E-state index contributed by atoms with van der Waals surface area (Å²) in [6, 6.07) is 10.1. The van der Waals surface area contributed by atoms with Crippen molar-refractivity contribution < 1.29 is 0 Å². The largest absolute Gasteiger partial charge is 0.256 e. The predicted octanol–water partition coefficient (Wildman–Crippen LogP) is 4.78. The number of fused-ring (bicyclic) bond motifs is 1. The summed E-state index contributed by atoms with van der Waals surface area (Å²) in [5.41, 5.74) is 3.82. The number of hydrogen-bond acceptors (Lipinski definition) is 3. The first-order valence-electron chi connectivity index (χ1n) is 6.95. The van der Waals surface area contributed by atoms with Crippen LogP contribution in [0, 0.1) is 6.92 Å². The zero-order valence-corrected chi connectivity index (χ0v) is 13.0. The Hall–Kier alpha value is -2.00. The molecule has 0 spiro atoms. The maximum absolute atomic E-state index is 6.27. The van der Waals surface area contributed by atoms with Crippen molar-refractivity contribution in [2.45, 2.75) is 26.7 Å². The summed E-state index contributed by atoms with van der Waals surface area (Å²) in [6.07, 6.45) is 1.80. The lowest BCUT2D eigenvalue weighted by Gasteiger charge is -2.11. The number of halogens is 1. The lowest BCUT2D eigenvalue weighted by atomic mass is 10.0. The van der Waals surface area contributed by atoms with Crippen molar-refractivity contribution in [3.63, 3.8) is 0 Å². The Morgan fingerprint density at radius 2 is 1.90 bits per heavy atom. The van der Waals surface area contributed by atoms with Crippen molar-refractivity contribution in [1.82, 2.24) is 15.0 Å². The van der Waals surface area contributed by atoms with Gasteiger partial charge in [0.15, 0.2) is 0 Å². The van der Waals surface area contributed by atoms with Crippen LogP contribution in [0.2, 0.25) is 5.15 Å². The quantitative estimate of drug-likeness (QED) is 0.639. The van der Waals surface area contributed by atoms with Gasteiger partial charge in [0.25, 0.3) is 0 Å². The minimum absolute atomic E-state index is 0.240. The Morgan fingerprint density at radius 1 is 1.10 bits per heavy atom. The molecule has 4 heteroatoms. The van der Waals surface area contributed by atoms with Crippen molar-refractivity contribution in [2.24, 2.45) is 0 Å². The Kier molecular flexibility index (Phi) is 3.60. The van der Waals surface area contributed by atoms with E-state index >= 15 is 0 Å². The molecule has 3 nitrogen and oxygen atoms in total. The highest BCUT2D eigenvalue weighted by Crippen LogP contribution is 2.29. The lowest BCUT2D eigenvalue weighted by Crippen LogP contribution is -2.02. The molecular formula is C17H16ClN3. The SMILES string of the molecule is Cc1c(Cl)nc(C(C)C)nc1-c1ccc2ncccc2c1. The highest BCUT2D eigenvalue weighted by molar-refractivity contribution is 6.30. The van der Waals surface area contributed by atoms with E-state index in [9.17, 15) is 0 Å². The number of aromatic nitrogens is 3. The molecule has 0 aliphatic rings. The first-order valence-corrected chi connectivity index (χ1v) is 7.33. The minimum Gasteiger partial charge on any atom is -0.256 e.